The molecule has 1 aromatic carbocycles. The molecular formula is C17H17BrS2. The normalized spacial score (nSPS) is 13.8. The summed E-state index contributed by atoms with van der Waals surface area (Å²) in [5.41, 5.74) is 0.232. The van der Waals surface area contributed by atoms with Crippen LogP contribution in [0, 0.1) is 0 Å². The average Bonchev–Trinajstić information content (AvgIpc) is 3.04. The van der Waals surface area contributed by atoms with Crippen LogP contribution >= 0.6 is 38.6 Å². The van der Waals surface area contributed by atoms with Gasteiger partial charge in [0.2, 0.25) is 0 Å². The molecule has 104 valence electrons. The highest BCUT2D eigenvalue weighted by atomic mass is 79.9. The first-order valence-corrected chi connectivity index (χ1v) is 9.23. The standard InChI is InChI=1S/C17H17BrS2/c1-17(2,3)15-9-8-13(20-15)16(18)14-10-11-6-4-5-7-12(11)19-14/h4-10,16H,1-3H3. The van der Waals surface area contributed by atoms with Gasteiger partial charge in [0.1, 0.15) is 0 Å². The largest absolute Gasteiger partial charge is 0.143 e. The SMILES string of the molecule is CC(C)(C)c1ccc(C(Br)c2cc3ccccc3s2)s1. The van der Waals surface area contributed by atoms with Crippen LogP contribution < -0.4 is 0 Å². The average molecular weight is 365 g/mol. The number of hydrogen-bond acceptors (Lipinski definition) is 2. The Morgan fingerprint density at radius 1 is 0.950 bits per heavy atom. The Balaban J connectivity index is 1.95. The molecular weight excluding hydrogens is 348 g/mol. The van der Waals surface area contributed by atoms with E-state index < -0.39 is 0 Å². The van der Waals surface area contributed by atoms with Crippen LogP contribution in [0.2, 0.25) is 0 Å². The van der Waals surface area contributed by atoms with E-state index in [0.717, 1.165) is 0 Å². The van der Waals surface area contributed by atoms with Gasteiger partial charge in [0.25, 0.3) is 0 Å². The molecule has 3 heteroatoms. The number of thiophene rings is 2. The summed E-state index contributed by atoms with van der Waals surface area (Å²) in [6.45, 7) is 6.81. The van der Waals surface area contributed by atoms with Gasteiger partial charge in [-0.3, -0.25) is 0 Å². The van der Waals surface area contributed by atoms with Crippen molar-refractivity contribution in [3.63, 3.8) is 0 Å². The predicted octanol–water partition coefficient (Wildman–Crippen LogP) is 6.74. The monoisotopic (exact) mass is 364 g/mol. The summed E-state index contributed by atoms with van der Waals surface area (Å²) in [6.07, 6.45) is 0. The zero-order valence-corrected chi connectivity index (χ0v) is 15.0. The van der Waals surface area contributed by atoms with Crippen LogP contribution in [0.1, 0.15) is 40.2 Å². The molecule has 0 nitrogen and oxygen atoms in total. The maximum absolute atomic E-state index is 3.87. The number of rotatable bonds is 2. The summed E-state index contributed by atoms with van der Waals surface area (Å²) < 4.78 is 1.36. The van der Waals surface area contributed by atoms with Gasteiger partial charge in [-0.15, -0.1) is 22.7 Å². The Bertz CT molecular complexity index is 698. The van der Waals surface area contributed by atoms with Gasteiger partial charge in [-0.05, 0) is 35.1 Å². The fourth-order valence-corrected chi connectivity index (χ4v) is 5.20. The molecule has 0 amide bonds. The molecule has 2 heterocycles. The molecule has 20 heavy (non-hydrogen) atoms. The van der Waals surface area contributed by atoms with Crippen molar-refractivity contribution in [1.82, 2.24) is 0 Å². The second kappa shape index (κ2) is 5.28. The van der Waals surface area contributed by atoms with Gasteiger partial charge in [-0.25, -0.2) is 0 Å². The van der Waals surface area contributed by atoms with Gasteiger partial charge in [-0.2, -0.15) is 0 Å². The summed E-state index contributed by atoms with van der Waals surface area (Å²) in [7, 11) is 0. The van der Waals surface area contributed by atoms with E-state index in [0.29, 0.717) is 4.83 Å². The quantitative estimate of drug-likeness (QED) is 0.441. The van der Waals surface area contributed by atoms with Crippen LogP contribution in [-0.4, -0.2) is 0 Å². The first-order chi connectivity index (χ1) is 9.45. The fraction of sp³-hybridized carbons (Fsp3) is 0.294. The Labute approximate surface area is 136 Å². The van der Waals surface area contributed by atoms with Crippen molar-refractivity contribution in [2.24, 2.45) is 0 Å². The molecule has 0 bridgehead atoms. The first-order valence-electron chi connectivity index (χ1n) is 6.68. The summed E-state index contributed by atoms with van der Waals surface area (Å²) in [5.74, 6) is 0. The lowest BCUT2D eigenvalue weighted by Crippen LogP contribution is -2.07. The van der Waals surface area contributed by atoms with Crippen LogP contribution in [0.25, 0.3) is 10.1 Å². The van der Waals surface area contributed by atoms with E-state index in [1.807, 2.05) is 22.7 Å². The minimum Gasteiger partial charge on any atom is -0.143 e. The molecule has 1 unspecified atom stereocenters. The van der Waals surface area contributed by atoms with Crippen molar-refractivity contribution in [2.45, 2.75) is 31.0 Å². The molecule has 3 aromatic rings. The number of alkyl halides is 1. The molecule has 0 aliphatic heterocycles. The molecule has 1 atom stereocenters. The van der Waals surface area contributed by atoms with Crippen LogP contribution in [0.15, 0.2) is 42.5 Å². The zero-order chi connectivity index (χ0) is 14.3. The van der Waals surface area contributed by atoms with Crippen LogP contribution in [0.4, 0.5) is 0 Å². The molecule has 0 radical (unpaired) electrons. The van der Waals surface area contributed by atoms with Gasteiger partial charge in [0.05, 0.1) is 4.83 Å². The van der Waals surface area contributed by atoms with Gasteiger partial charge in [0, 0.05) is 19.3 Å². The lowest BCUT2D eigenvalue weighted by Gasteiger charge is -2.15. The van der Waals surface area contributed by atoms with Crippen molar-refractivity contribution in [3.05, 3.63) is 57.1 Å². The maximum atomic E-state index is 3.87. The molecule has 0 N–H and O–H groups in total. The van der Waals surface area contributed by atoms with Gasteiger partial charge in [0.15, 0.2) is 0 Å². The number of hydrogen-bond donors (Lipinski definition) is 0. The Kier molecular flexibility index (Phi) is 3.78. The number of halogens is 1. The van der Waals surface area contributed by atoms with E-state index in [1.54, 1.807) is 0 Å². The molecule has 0 spiro atoms. The third-order valence-electron chi connectivity index (χ3n) is 3.31. The third kappa shape index (κ3) is 2.72. The summed E-state index contributed by atoms with van der Waals surface area (Å²) in [4.78, 5) is 4.52. The van der Waals surface area contributed by atoms with E-state index in [9.17, 15) is 0 Å². The van der Waals surface area contributed by atoms with Crippen LogP contribution in [0.5, 0.6) is 0 Å². The molecule has 0 fully saturated rings. The van der Waals surface area contributed by atoms with Gasteiger partial charge >= 0.3 is 0 Å². The highest BCUT2D eigenvalue weighted by molar-refractivity contribution is 9.09. The third-order valence-corrected chi connectivity index (χ3v) is 7.66. The Morgan fingerprint density at radius 3 is 2.35 bits per heavy atom. The second-order valence-corrected chi connectivity index (χ2v) is 9.15. The maximum Gasteiger partial charge on any atom is 0.0831 e. The molecule has 0 aliphatic rings. The molecule has 0 saturated carbocycles. The van der Waals surface area contributed by atoms with Gasteiger partial charge < -0.3 is 0 Å². The molecule has 3 rings (SSSR count). The van der Waals surface area contributed by atoms with E-state index in [-0.39, 0.29) is 5.41 Å². The lowest BCUT2D eigenvalue weighted by atomic mass is 9.95. The zero-order valence-electron chi connectivity index (χ0n) is 11.8. The molecule has 0 aliphatic carbocycles. The van der Waals surface area contributed by atoms with Crippen molar-refractivity contribution < 1.29 is 0 Å². The van der Waals surface area contributed by atoms with E-state index in [1.165, 1.54) is 24.7 Å². The summed E-state index contributed by atoms with van der Waals surface area (Å²) in [5, 5.41) is 1.34. The molecule has 0 saturated heterocycles. The fourth-order valence-electron chi connectivity index (χ4n) is 2.16. The van der Waals surface area contributed by atoms with Crippen molar-refractivity contribution >= 4 is 48.7 Å². The van der Waals surface area contributed by atoms with Crippen LogP contribution in [-0.2, 0) is 5.41 Å². The van der Waals surface area contributed by atoms with E-state index >= 15 is 0 Å². The van der Waals surface area contributed by atoms with Crippen molar-refractivity contribution in [3.8, 4) is 0 Å². The molecule has 2 aromatic heterocycles. The highest BCUT2D eigenvalue weighted by Gasteiger charge is 2.20. The topological polar surface area (TPSA) is 0 Å². The summed E-state index contributed by atoms with van der Waals surface area (Å²) >= 11 is 7.66. The van der Waals surface area contributed by atoms with E-state index in [4.69, 9.17) is 0 Å². The number of fused-ring (bicyclic) bond motifs is 1. The lowest BCUT2D eigenvalue weighted by molar-refractivity contribution is 0.604. The van der Waals surface area contributed by atoms with E-state index in [2.05, 4.69) is 79.2 Å². The van der Waals surface area contributed by atoms with Gasteiger partial charge in [-0.1, -0.05) is 54.9 Å². The van der Waals surface area contributed by atoms with Crippen molar-refractivity contribution in [1.29, 1.82) is 0 Å². The highest BCUT2D eigenvalue weighted by Crippen LogP contribution is 2.42. The number of benzene rings is 1. The Morgan fingerprint density at radius 2 is 1.70 bits per heavy atom. The second-order valence-electron chi connectivity index (χ2n) is 6.00. The minimum atomic E-state index is 0.232. The van der Waals surface area contributed by atoms with Crippen LogP contribution in [0.3, 0.4) is 0 Å². The Hall–Kier alpha value is -0.640. The summed E-state index contributed by atoms with van der Waals surface area (Å²) in [6, 6.07) is 15.4. The first kappa shape index (κ1) is 14.3. The predicted molar refractivity (Wildman–Crippen MR) is 95.6 cm³/mol. The van der Waals surface area contributed by atoms with Crippen molar-refractivity contribution in [2.75, 3.05) is 0 Å². The smallest absolute Gasteiger partial charge is 0.0831 e. The minimum absolute atomic E-state index is 0.232.